The Morgan fingerprint density at radius 2 is 2.12 bits per heavy atom. The zero-order valence-electron chi connectivity index (χ0n) is 10.1. The Hall–Kier alpha value is -1.07. The lowest BCUT2D eigenvalue weighted by atomic mass is 10.2. The Labute approximate surface area is 110 Å². The van der Waals surface area contributed by atoms with E-state index in [1.165, 1.54) is 0 Å². The van der Waals surface area contributed by atoms with Crippen LogP contribution in [0.25, 0.3) is 0 Å². The zero-order valence-corrected chi connectivity index (χ0v) is 11.7. The monoisotopic (exact) mass is 300 g/mol. The van der Waals surface area contributed by atoms with Gasteiger partial charge in [0.1, 0.15) is 11.3 Å². The minimum atomic E-state index is -0.108. The van der Waals surface area contributed by atoms with E-state index in [4.69, 9.17) is 4.74 Å². The molecule has 17 heavy (non-hydrogen) atoms. The first kappa shape index (κ1) is 14.0. The van der Waals surface area contributed by atoms with Crippen LogP contribution in [0.15, 0.2) is 24.3 Å². The summed E-state index contributed by atoms with van der Waals surface area (Å²) in [6.45, 7) is 1.43. The van der Waals surface area contributed by atoms with Gasteiger partial charge in [-0.1, -0.05) is 12.1 Å². The van der Waals surface area contributed by atoms with Gasteiger partial charge in [-0.05, 0) is 42.2 Å². The molecule has 0 unspecified atom stereocenters. The third-order valence-corrected chi connectivity index (χ3v) is 2.42. The van der Waals surface area contributed by atoms with Crippen LogP contribution in [0, 0.1) is 0 Å². The van der Waals surface area contributed by atoms with E-state index < -0.39 is 0 Å². The predicted octanol–water partition coefficient (Wildman–Crippen LogP) is 1.71. The fourth-order valence-corrected chi connectivity index (χ4v) is 1.57. The number of benzene rings is 1. The SMILES string of the molecule is CN(C)CCNC(=O)c1ccccc1OCBr. The van der Waals surface area contributed by atoms with Crippen molar-refractivity contribution in [1.29, 1.82) is 0 Å². The molecule has 0 heterocycles. The summed E-state index contributed by atoms with van der Waals surface area (Å²) in [7, 11) is 3.93. The van der Waals surface area contributed by atoms with Crippen LogP contribution in [0.3, 0.4) is 0 Å². The van der Waals surface area contributed by atoms with Gasteiger partial charge in [-0.2, -0.15) is 0 Å². The van der Waals surface area contributed by atoms with E-state index in [0.29, 0.717) is 23.4 Å². The number of hydrogen-bond donors (Lipinski definition) is 1. The van der Waals surface area contributed by atoms with Crippen LogP contribution in [0.1, 0.15) is 10.4 Å². The van der Waals surface area contributed by atoms with Crippen LogP contribution in [0.4, 0.5) is 0 Å². The van der Waals surface area contributed by atoms with Crippen molar-refractivity contribution in [1.82, 2.24) is 10.2 Å². The van der Waals surface area contributed by atoms with Crippen LogP contribution >= 0.6 is 15.9 Å². The maximum atomic E-state index is 11.9. The van der Waals surface area contributed by atoms with E-state index in [2.05, 4.69) is 21.2 Å². The Morgan fingerprint density at radius 3 is 2.76 bits per heavy atom. The van der Waals surface area contributed by atoms with Crippen molar-refractivity contribution in [2.75, 3.05) is 32.7 Å². The van der Waals surface area contributed by atoms with Crippen molar-refractivity contribution < 1.29 is 9.53 Å². The average molecular weight is 301 g/mol. The van der Waals surface area contributed by atoms with E-state index in [9.17, 15) is 4.79 Å². The molecule has 0 aromatic heterocycles. The standard InChI is InChI=1S/C12H17BrN2O2/c1-15(2)8-7-14-12(16)10-5-3-4-6-11(10)17-9-13/h3-6H,7-9H2,1-2H3,(H,14,16). The number of rotatable bonds is 6. The summed E-state index contributed by atoms with van der Waals surface area (Å²) in [6, 6.07) is 7.20. The Morgan fingerprint density at radius 1 is 1.41 bits per heavy atom. The van der Waals surface area contributed by atoms with Crippen molar-refractivity contribution in [2.24, 2.45) is 0 Å². The number of halogens is 1. The highest BCUT2D eigenvalue weighted by molar-refractivity contribution is 9.09. The molecule has 0 aliphatic carbocycles. The second-order valence-electron chi connectivity index (χ2n) is 3.81. The fourth-order valence-electron chi connectivity index (χ4n) is 1.33. The summed E-state index contributed by atoms with van der Waals surface area (Å²) in [5.74, 6) is 0.482. The van der Waals surface area contributed by atoms with Crippen LogP contribution in [-0.4, -0.2) is 43.5 Å². The van der Waals surface area contributed by atoms with Gasteiger partial charge >= 0.3 is 0 Å². The molecular weight excluding hydrogens is 284 g/mol. The molecule has 1 N–H and O–H groups in total. The number of nitrogens with zero attached hydrogens (tertiary/aromatic N) is 1. The molecule has 94 valence electrons. The van der Waals surface area contributed by atoms with Gasteiger partial charge < -0.3 is 15.0 Å². The average Bonchev–Trinajstić information content (AvgIpc) is 2.29. The number of ether oxygens (including phenoxy) is 1. The molecule has 1 aromatic rings. The van der Waals surface area contributed by atoms with Crippen molar-refractivity contribution in [3.63, 3.8) is 0 Å². The largest absolute Gasteiger partial charge is 0.482 e. The maximum Gasteiger partial charge on any atom is 0.255 e. The molecule has 1 aromatic carbocycles. The number of amides is 1. The highest BCUT2D eigenvalue weighted by Crippen LogP contribution is 2.18. The molecule has 0 saturated heterocycles. The van der Waals surface area contributed by atoms with Gasteiger partial charge in [0.05, 0.1) is 5.56 Å². The molecule has 0 atom stereocenters. The van der Waals surface area contributed by atoms with Gasteiger partial charge in [0.2, 0.25) is 0 Å². The third kappa shape index (κ3) is 4.75. The van der Waals surface area contributed by atoms with Crippen LogP contribution < -0.4 is 10.1 Å². The molecule has 0 aliphatic heterocycles. The maximum absolute atomic E-state index is 11.9. The smallest absolute Gasteiger partial charge is 0.255 e. The first-order chi connectivity index (χ1) is 8.15. The predicted molar refractivity (Wildman–Crippen MR) is 71.8 cm³/mol. The summed E-state index contributed by atoms with van der Waals surface area (Å²) in [6.07, 6.45) is 0. The molecular formula is C12H17BrN2O2. The number of carbonyl (C=O) groups is 1. The molecule has 0 fully saturated rings. The third-order valence-electron chi connectivity index (χ3n) is 2.19. The molecule has 0 bridgehead atoms. The lowest BCUT2D eigenvalue weighted by Crippen LogP contribution is -2.31. The summed E-state index contributed by atoms with van der Waals surface area (Å²) in [5.41, 5.74) is 0.931. The topological polar surface area (TPSA) is 41.6 Å². The van der Waals surface area contributed by atoms with E-state index in [0.717, 1.165) is 6.54 Å². The van der Waals surface area contributed by atoms with Gasteiger partial charge in [-0.3, -0.25) is 4.79 Å². The Balaban J connectivity index is 2.61. The molecule has 1 rings (SSSR count). The Bertz CT molecular complexity index is 369. The van der Waals surface area contributed by atoms with Crippen molar-refractivity contribution >= 4 is 21.8 Å². The minimum Gasteiger partial charge on any atom is -0.482 e. The van der Waals surface area contributed by atoms with Crippen molar-refractivity contribution in [2.45, 2.75) is 0 Å². The summed E-state index contributed by atoms with van der Waals surface area (Å²) >= 11 is 3.18. The molecule has 1 amide bonds. The number of alkyl halides is 1. The molecule has 4 nitrogen and oxygen atoms in total. The first-order valence-corrected chi connectivity index (χ1v) is 6.48. The van der Waals surface area contributed by atoms with Crippen LogP contribution in [-0.2, 0) is 0 Å². The lowest BCUT2D eigenvalue weighted by molar-refractivity contribution is 0.0948. The molecule has 5 heteroatoms. The number of nitrogens with one attached hydrogen (secondary N) is 1. The van der Waals surface area contributed by atoms with Gasteiger partial charge in [0.25, 0.3) is 5.91 Å². The van der Waals surface area contributed by atoms with Crippen molar-refractivity contribution in [3.05, 3.63) is 29.8 Å². The molecule has 0 radical (unpaired) electrons. The zero-order chi connectivity index (χ0) is 12.7. The van der Waals surface area contributed by atoms with Crippen LogP contribution in [0.5, 0.6) is 5.75 Å². The first-order valence-electron chi connectivity index (χ1n) is 5.36. The summed E-state index contributed by atoms with van der Waals surface area (Å²) < 4.78 is 5.33. The van der Waals surface area contributed by atoms with Gasteiger partial charge in [0.15, 0.2) is 0 Å². The molecule has 0 saturated carbocycles. The van der Waals surface area contributed by atoms with E-state index in [-0.39, 0.29) is 5.91 Å². The van der Waals surface area contributed by atoms with Gasteiger partial charge in [0, 0.05) is 13.1 Å². The molecule has 0 spiro atoms. The van der Waals surface area contributed by atoms with E-state index >= 15 is 0 Å². The Kier molecular flexibility index (Phi) is 6.00. The minimum absolute atomic E-state index is 0.108. The number of para-hydroxylation sites is 1. The lowest BCUT2D eigenvalue weighted by Gasteiger charge is -2.12. The molecule has 0 aliphatic rings. The van der Waals surface area contributed by atoms with E-state index in [1.807, 2.05) is 31.1 Å². The highest BCUT2D eigenvalue weighted by atomic mass is 79.9. The number of hydrogen-bond acceptors (Lipinski definition) is 3. The number of carbonyl (C=O) groups excluding carboxylic acids is 1. The van der Waals surface area contributed by atoms with Gasteiger partial charge in [-0.25, -0.2) is 0 Å². The van der Waals surface area contributed by atoms with Crippen molar-refractivity contribution in [3.8, 4) is 5.75 Å². The second kappa shape index (κ2) is 7.29. The summed E-state index contributed by atoms with van der Waals surface area (Å²) in [5, 5.41) is 2.85. The van der Waals surface area contributed by atoms with E-state index in [1.54, 1.807) is 12.1 Å². The normalized spacial score (nSPS) is 10.4. The quantitative estimate of drug-likeness (QED) is 0.813. The fraction of sp³-hybridized carbons (Fsp3) is 0.417. The highest BCUT2D eigenvalue weighted by Gasteiger charge is 2.10. The van der Waals surface area contributed by atoms with Crippen LogP contribution in [0.2, 0.25) is 0 Å². The second-order valence-corrected chi connectivity index (χ2v) is 4.27. The summed E-state index contributed by atoms with van der Waals surface area (Å²) in [4.78, 5) is 13.9. The number of likely N-dealkylation sites (N-methyl/N-ethyl adjacent to an activating group) is 1. The van der Waals surface area contributed by atoms with Gasteiger partial charge in [-0.15, -0.1) is 0 Å².